The average Bonchev–Trinajstić information content (AvgIpc) is 2.77. The van der Waals surface area contributed by atoms with Crippen molar-refractivity contribution < 1.29 is 13.6 Å². The number of halogens is 2. The van der Waals surface area contributed by atoms with E-state index in [-0.39, 0.29) is 0 Å². The van der Waals surface area contributed by atoms with E-state index in [9.17, 15) is 13.6 Å². The van der Waals surface area contributed by atoms with Gasteiger partial charge < -0.3 is 20.4 Å². The molecular weight excluding hydrogens is 404 g/mol. The Kier molecular flexibility index (Phi) is 5.87. The molecule has 10 heteroatoms. The van der Waals surface area contributed by atoms with E-state index >= 15 is 0 Å². The number of rotatable bonds is 4. The highest BCUT2D eigenvalue weighted by Crippen LogP contribution is 2.22. The quantitative estimate of drug-likeness (QED) is 0.665. The van der Waals surface area contributed by atoms with Crippen LogP contribution in [-0.4, -0.2) is 52.1 Å². The van der Waals surface area contributed by atoms with Gasteiger partial charge in [0.05, 0.1) is 0 Å². The van der Waals surface area contributed by atoms with Crippen LogP contribution >= 0.6 is 0 Å². The fourth-order valence-electron chi connectivity index (χ4n) is 3.29. The summed E-state index contributed by atoms with van der Waals surface area (Å²) < 4.78 is 27.6. The minimum atomic E-state index is -0.809. The number of nitrogens with one attached hydrogen (secondary N) is 2. The van der Waals surface area contributed by atoms with Gasteiger partial charge in [-0.3, -0.25) is 0 Å². The Morgan fingerprint density at radius 2 is 1.71 bits per heavy atom. The Bertz CT molecular complexity index is 1050. The SMILES string of the molecule is Cc1nc(Nc2ccccn2)cc(N2CCN(C(=O)Nc3c(F)cccc3F)CC2)n1. The first-order valence-corrected chi connectivity index (χ1v) is 9.78. The maximum Gasteiger partial charge on any atom is 0.322 e. The lowest BCUT2D eigenvalue weighted by molar-refractivity contribution is 0.208. The highest BCUT2D eigenvalue weighted by atomic mass is 19.1. The number of piperazine rings is 1. The van der Waals surface area contributed by atoms with Crippen LogP contribution in [0.5, 0.6) is 0 Å². The lowest BCUT2D eigenvalue weighted by Crippen LogP contribution is -2.50. The third-order valence-corrected chi connectivity index (χ3v) is 4.83. The Hall–Kier alpha value is -3.82. The fourth-order valence-corrected chi connectivity index (χ4v) is 3.29. The number of anilines is 4. The number of hydrogen-bond donors (Lipinski definition) is 2. The summed E-state index contributed by atoms with van der Waals surface area (Å²) in [6.07, 6.45) is 1.69. The zero-order chi connectivity index (χ0) is 21.8. The van der Waals surface area contributed by atoms with E-state index in [2.05, 4.69) is 25.6 Å². The van der Waals surface area contributed by atoms with Crippen molar-refractivity contribution in [2.24, 2.45) is 0 Å². The third kappa shape index (κ3) is 4.85. The van der Waals surface area contributed by atoms with Crippen LogP contribution in [0.3, 0.4) is 0 Å². The highest BCUT2D eigenvalue weighted by Gasteiger charge is 2.24. The van der Waals surface area contributed by atoms with Crippen molar-refractivity contribution in [2.75, 3.05) is 41.7 Å². The Morgan fingerprint density at radius 1 is 0.968 bits per heavy atom. The summed E-state index contributed by atoms with van der Waals surface area (Å²) in [6, 6.07) is 10.3. The topological polar surface area (TPSA) is 86.3 Å². The van der Waals surface area contributed by atoms with Gasteiger partial charge in [0.1, 0.15) is 40.6 Å². The number of urea groups is 1. The Labute approximate surface area is 178 Å². The summed E-state index contributed by atoms with van der Waals surface area (Å²) in [5, 5.41) is 5.48. The van der Waals surface area contributed by atoms with Crippen molar-refractivity contribution in [3.63, 3.8) is 0 Å². The van der Waals surface area contributed by atoms with Crippen LogP contribution in [-0.2, 0) is 0 Å². The molecule has 0 bridgehead atoms. The van der Waals surface area contributed by atoms with E-state index in [0.717, 1.165) is 18.0 Å². The van der Waals surface area contributed by atoms with Crippen LogP contribution < -0.4 is 15.5 Å². The molecule has 1 aliphatic heterocycles. The van der Waals surface area contributed by atoms with Crippen molar-refractivity contribution in [3.05, 3.63) is 66.1 Å². The third-order valence-electron chi connectivity index (χ3n) is 4.83. The molecule has 3 aromatic rings. The molecule has 31 heavy (non-hydrogen) atoms. The molecule has 160 valence electrons. The minimum absolute atomic E-state index is 0.383. The van der Waals surface area contributed by atoms with Crippen LogP contribution in [0.15, 0.2) is 48.7 Å². The lowest BCUT2D eigenvalue weighted by atomic mass is 10.3. The second-order valence-corrected chi connectivity index (χ2v) is 7.00. The molecule has 2 aromatic heterocycles. The first-order chi connectivity index (χ1) is 15.0. The van der Waals surface area contributed by atoms with Crippen molar-refractivity contribution >= 4 is 29.2 Å². The molecule has 4 rings (SSSR count). The number of aromatic nitrogens is 3. The van der Waals surface area contributed by atoms with E-state index in [4.69, 9.17) is 0 Å². The van der Waals surface area contributed by atoms with Gasteiger partial charge in [0.15, 0.2) is 0 Å². The second-order valence-electron chi connectivity index (χ2n) is 7.00. The van der Waals surface area contributed by atoms with Crippen LogP contribution in [0.4, 0.5) is 36.7 Å². The molecule has 3 heterocycles. The van der Waals surface area contributed by atoms with Gasteiger partial charge in [-0.25, -0.2) is 28.5 Å². The molecule has 1 aliphatic rings. The normalized spacial score (nSPS) is 13.8. The predicted molar refractivity (Wildman–Crippen MR) is 113 cm³/mol. The maximum atomic E-state index is 13.8. The average molecular weight is 425 g/mol. The highest BCUT2D eigenvalue weighted by molar-refractivity contribution is 5.89. The number of pyridine rings is 1. The maximum absolute atomic E-state index is 13.8. The molecule has 0 unspecified atom stereocenters. The number of amides is 2. The molecule has 2 N–H and O–H groups in total. The molecule has 1 saturated heterocycles. The van der Waals surface area contributed by atoms with Gasteiger partial charge in [0.25, 0.3) is 0 Å². The second kappa shape index (κ2) is 8.90. The van der Waals surface area contributed by atoms with Gasteiger partial charge in [-0.1, -0.05) is 12.1 Å². The number of benzene rings is 1. The molecule has 0 atom stereocenters. The number of aryl methyl sites for hydroxylation is 1. The molecule has 0 spiro atoms. The van der Waals surface area contributed by atoms with Crippen molar-refractivity contribution in [3.8, 4) is 0 Å². The molecular formula is C21H21F2N7O. The smallest absolute Gasteiger partial charge is 0.322 e. The van der Waals surface area contributed by atoms with Crippen molar-refractivity contribution in [1.29, 1.82) is 0 Å². The summed E-state index contributed by atoms with van der Waals surface area (Å²) in [4.78, 5) is 29.1. The number of para-hydroxylation sites is 1. The van der Waals surface area contributed by atoms with Gasteiger partial charge in [-0.2, -0.15) is 0 Å². The Morgan fingerprint density at radius 3 is 2.39 bits per heavy atom. The molecule has 1 aromatic carbocycles. The zero-order valence-electron chi connectivity index (χ0n) is 16.8. The van der Waals surface area contributed by atoms with E-state index in [1.165, 1.54) is 11.0 Å². The predicted octanol–water partition coefficient (Wildman–Crippen LogP) is 3.56. The molecule has 8 nitrogen and oxygen atoms in total. The largest absolute Gasteiger partial charge is 0.353 e. The van der Waals surface area contributed by atoms with Crippen LogP contribution in [0.25, 0.3) is 0 Å². The van der Waals surface area contributed by atoms with Crippen LogP contribution in [0.2, 0.25) is 0 Å². The van der Waals surface area contributed by atoms with Gasteiger partial charge in [-0.15, -0.1) is 0 Å². The number of nitrogens with zero attached hydrogens (tertiary/aromatic N) is 5. The van der Waals surface area contributed by atoms with Crippen LogP contribution in [0, 0.1) is 18.6 Å². The van der Waals surface area contributed by atoms with Crippen molar-refractivity contribution in [1.82, 2.24) is 19.9 Å². The summed E-state index contributed by atoms with van der Waals surface area (Å²) >= 11 is 0. The molecule has 1 fully saturated rings. The monoisotopic (exact) mass is 425 g/mol. The molecule has 0 aliphatic carbocycles. The minimum Gasteiger partial charge on any atom is -0.353 e. The lowest BCUT2D eigenvalue weighted by Gasteiger charge is -2.35. The van der Waals surface area contributed by atoms with Gasteiger partial charge in [-0.05, 0) is 31.2 Å². The number of carbonyl (C=O) groups excluding carboxylic acids is 1. The van der Waals surface area contributed by atoms with Crippen molar-refractivity contribution in [2.45, 2.75) is 6.92 Å². The molecule has 0 radical (unpaired) electrons. The molecule has 2 amide bonds. The summed E-state index contributed by atoms with van der Waals surface area (Å²) in [6.45, 7) is 3.61. The van der Waals surface area contributed by atoms with Crippen LogP contribution in [0.1, 0.15) is 5.82 Å². The van der Waals surface area contributed by atoms with E-state index < -0.39 is 23.4 Å². The number of hydrogen-bond acceptors (Lipinski definition) is 6. The van der Waals surface area contributed by atoms with Gasteiger partial charge >= 0.3 is 6.03 Å². The first kappa shape index (κ1) is 20.5. The first-order valence-electron chi connectivity index (χ1n) is 9.78. The Balaban J connectivity index is 1.40. The van der Waals surface area contributed by atoms with E-state index in [1.807, 2.05) is 29.2 Å². The van der Waals surface area contributed by atoms with E-state index in [0.29, 0.717) is 43.6 Å². The summed E-state index contributed by atoms with van der Waals surface area (Å²) in [5.74, 6) is 1.01. The standard InChI is InChI=1S/C21H21F2N7O/c1-14-25-18(27-17-7-2-3-8-24-17)13-19(26-14)29-9-11-30(12-10-29)21(31)28-20-15(22)5-4-6-16(20)23/h2-8,13H,9-12H2,1H3,(H,28,31)(H,24,25,26,27). The van der Waals surface area contributed by atoms with E-state index in [1.54, 1.807) is 13.1 Å². The summed E-state index contributed by atoms with van der Waals surface area (Å²) in [5.41, 5.74) is -0.438. The zero-order valence-corrected chi connectivity index (χ0v) is 16.8. The summed E-state index contributed by atoms with van der Waals surface area (Å²) in [7, 11) is 0. The number of carbonyl (C=O) groups is 1. The van der Waals surface area contributed by atoms with Gasteiger partial charge in [0.2, 0.25) is 0 Å². The fraction of sp³-hybridized carbons (Fsp3) is 0.238. The molecule has 0 saturated carbocycles. The van der Waals surface area contributed by atoms with Gasteiger partial charge in [0, 0.05) is 38.4 Å².